The first-order valence-corrected chi connectivity index (χ1v) is 7.25. The fourth-order valence-electron chi connectivity index (χ4n) is 3.98. The van der Waals surface area contributed by atoms with Crippen LogP contribution in [0.3, 0.4) is 0 Å². The van der Waals surface area contributed by atoms with Crippen molar-refractivity contribution in [2.24, 2.45) is 17.3 Å². The molecule has 1 saturated heterocycles. The van der Waals surface area contributed by atoms with Crippen LogP contribution in [0.4, 0.5) is 0 Å². The fourth-order valence-corrected chi connectivity index (χ4v) is 3.98. The van der Waals surface area contributed by atoms with Crippen LogP contribution in [-0.2, 0) is 0 Å². The van der Waals surface area contributed by atoms with Gasteiger partial charge in [-0.1, -0.05) is 13.8 Å². The number of hydrogen-bond acceptors (Lipinski definition) is 1. The minimum Gasteiger partial charge on any atom is -0.300 e. The first kappa shape index (κ1) is 12.4. The van der Waals surface area contributed by atoms with Gasteiger partial charge in [0.25, 0.3) is 0 Å². The van der Waals surface area contributed by atoms with E-state index in [4.69, 9.17) is 0 Å². The molecule has 1 spiro atoms. The van der Waals surface area contributed by atoms with Crippen molar-refractivity contribution in [2.45, 2.75) is 65.8 Å². The molecular formula is C15H29N. The molecule has 1 saturated carbocycles. The van der Waals surface area contributed by atoms with Gasteiger partial charge < -0.3 is 4.90 Å². The lowest BCUT2D eigenvalue weighted by Gasteiger charge is -2.26. The fraction of sp³-hybridized carbons (Fsp3) is 1.00. The van der Waals surface area contributed by atoms with Crippen LogP contribution in [0.2, 0.25) is 0 Å². The van der Waals surface area contributed by atoms with Gasteiger partial charge in [0.15, 0.2) is 0 Å². The molecule has 1 heterocycles. The third kappa shape index (κ3) is 2.61. The van der Waals surface area contributed by atoms with Gasteiger partial charge in [-0.05, 0) is 69.7 Å². The van der Waals surface area contributed by atoms with Gasteiger partial charge in [0.1, 0.15) is 0 Å². The number of nitrogens with zero attached hydrogens (tertiary/aromatic N) is 1. The Bertz CT molecular complexity index is 234. The second-order valence-corrected chi connectivity index (χ2v) is 7.05. The molecule has 0 aromatic rings. The van der Waals surface area contributed by atoms with Crippen LogP contribution in [0.1, 0.15) is 59.8 Å². The van der Waals surface area contributed by atoms with Gasteiger partial charge >= 0.3 is 0 Å². The minimum absolute atomic E-state index is 0.726. The highest BCUT2D eigenvalue weighted by atomic mass is 15.2. The summed E-state index contributed by atoms with van der Waals surface area (Å²) in [7, 11) is 0. The van der Waals surface area contributed by atoms with Crippen molar-refractivity contribution in [1.82, 2.24) is 4.90 Å². The molecule has 0 radical (unpaired) electrons. The summed E-state index contributed by atoms with van der Waals surface area (Å²) >= 11 is 0. The van der Waals surface area contributed by atoms with Gasteiger partial charge in [0.2, 0.25) is 0 Å². The van der Waals surface area contributed by atoms with Gasteiger partial charge in [-0.3, -0.25) is 0 Å². The molecule has 16 heavy (non-hydrogen) atoms. The lowest BCUT2D eigenvalue weighted by atomic mass is 9.83. The molecule has 0 aromatic carbocycles. The Morgan fingerprint density at radius 3 is 2.50 bits per heavy atom. The summed E-state index contributed by atoms with van der Waals surface area (Å²) in [6.45, 7) is 12.2. The summed E-state index contributed by atoms with van der Waals surface area (Å²) in [6, 6.07) is 0.753. The van der Waals surface area contributed by atoms with Crippen LogP contribution >= 0.6 is 0 Å². The second-order valence-electron chi connectivity index (χ2n) is 7.05. The monoisotopic (exact) mass is 223 g/mol. The Morgan fingerprint density at radius 1 is 1.19 bits per heavy atom. The third-order valence-electron chi connectivity index (χ3n) is 4.81. The first-order chi connectivity index (χ1) is 7.51. The van der Waals surface area contributed by atoms with Crippen LogP contribution in [0.25, 0.3) is 0 Å². The van der Waals surface area contributed by atoms with Crippen LogP contribution in [0, 0.1) is 17.3 Å². The Labute approximate surface area is 102 Å². The van der Waals surface area contributed by atoms with E-state index < -0.39 is 0 Å². The Balaban J connectivity index is 1.88. The molecule has 2 unspecified atom stereocenters. The molecule has 2 fully saturated rings. The van der Waals surface area contributed by atoms with E-state index in [2.05, 4.69) is 32.6 Å². The quantitative estimate of drug-likeness (QED) is 0.700. The number of rotatable bonds is 3. The lowest BCUT2D eigenvalue weighted by molar-refractivity contribution is 0.218. The van der Waals surface area contributed by atoms with Crippen molar-refractivity contribution in [1.29, 1.82) is 0 Å². The van der Waals surface area contributed by atoms with E-state index in [0.717, 1.165) is 23.3 Å². The summed E-state index contributed by atoms with van der Waals surface area (Å²) in [5.74, 6) is 1.93. The summed E-state index contributed by atoms with van der Waals surface area (Å²) in [4.78, 5) is 2.69. The zero-order chi connectivity index (χ0) is 11.8. The Hall–Kier alpha value is -0.0400. The van der Waals surface area contributed by atoms with Crippen LogP contribution in [0.5, 0.6) is 0 Å². The summed E-state index contributed by atoms with van der Waals surface area (Å²) in [5, 5.41) is 0. The van der Waals surface area contributed by atoms with Crippen molar-refractivity contribution in [3.05, 3.63) is 0 Å². The van der Waals surface area contributed by atoms with Crippen molar-refractivity contribution in [2.75, 3.05) is 13.1 Å². The summed E-state index contributed by atoms with van der Waals surface area (Å²) < 4.78 is 0. The summed E-state index contributed by atoms with van der Waals surface area (Å²) in [6.07, 6.45) is 7.47. The average molecular weight is 223 g/mol. The summed E-state index contributed by atoms with van der Waals surface area (Å²) in [5.41, 5.74) is 0.726. The molecule has 1 heteroatoms. The first-order valence-electron chi connectivity index (χ1n) is 7.25. The van der Waals surface area contributed by atoms with Crippen LogP contribution < -0.4 is 0 Å². The predicted octanol–water partition coefficient (Wildman–Crippen LogP) is 3.93. The number of likely N-dealkylation sites (tertiary alicyclic amines) is 1. The molecule has 0 amide bonds. The molecule has 2 aliphatic rings. The van der Waals surface area contributed by atoms with Gasteiger partial charge in [0.05, 0.1) is 0 Å². The SMILES string of the molecule is CC(C)CC1CCC2(CCN(C(C)C)C2)C1. The largest absolute Gasteiger partial charge is 0.300 e. The molecular weight excluding hydrogens is 194 g/mol. The normalized spacial score (nSPS) is 36.0. The molecule has 2 rings (SSSR count). The van der Waals surface area contributed by atoms with Gasteiger partial charge in [0, 0.05) is 12.6 Å². The molecule has 1 aliphatic carbocycles. The zero-order valence-corrected chi connectivity index (χ0v) is 11.6. The highest BCUT2D eigenvalue weighted by Gasteiger charge is 2.44. The van der Waals surface area contributed by atoms with Gasteiger partial charge in [-0.2, -0.15) is 0 Å². The smallest absolute Gasteiger partial charge is 0.00413 e. The van der Waals surface area contributed by atoms with Crippen molar-refractivity contribution < 1.29 is 0 Å². The maximum atomic E-state index is 2.69. The molecule has 94 valence electrons. The lowest BCUT2D eigenvalue weighted by Crippen LogP contribution is -2.31. The molecule has 0 N–H and O–H groups in total. The highest BCUT2D eigenvalue weighted by molar-refractivity contribution is 4.96. The standard InChI is InChI=1S/C15H29N/c1-12(2)9-14-5-6-15(10-14)7-8-16(11-15)13(3)4/h12-14H,5-11H2,1-4H3. The minimum atomic E-state index is 0.726. The Kier molecular flexibility index (Phi) is 3.63. The predicted molar refractivity (Wildman–Crippen MR) is 70.6 cm³/mol. The van der Waals surface area contributed by atoms with E-state index in [-0.39, 0.29) is 0 Å². The molecule has 2 atom stereocenters. The van der Waals surface area contributed by atoms with Crippen molar-refractivity contribution in [3.63, 3.8) is 0 Å². The molecule has 1 aliphatic heterocycles. The number of hydrogen-bond donors (Lipinski definition) is 0. The molecule has 0 bridgehead atoms. The van der Waals surface area contributed by atoms with E-state index in [1.54, 1.807) is 0 Å². The van der Waals surface area contributed by atoms with E-state index in [0.29, 0.717) is 0 Å². The zero-order valence-electron chi connectivity index (χ0n) is 11.6. The maximum Gasteiger partial charge on any atom is 0.00413 e. The highest BCUT2D eigenvalue weighted by Crippen LogP contribution is 2.49. The molecule has 0 aromatic heterocycles. The third-order valence-corrected chi connectivity index (χ3v) is 4.81. The molecule has 1 nitrogen and oxygen atoms in total. The van der Waals surface area contributed by atoms with E-state index in [1.807, 2.05) is 0 Å². The van der Waals surface area contributed by atoms with Gasteiger partial charge in [-0.25, -0.2) is 0 Å². The maximum absolute atomic E-state index is 2.69. The second kappa shape index (κ2) is 4.68. The van der Waals surface area contributed by atoms with Gasteiger partial charge in [-0.15, -0.1) is 0 Å². The van der Waals surface area contributed by atoms with E-state index in [9.17, 15) is 0 Å². The van der Waals surface area contributed by atoms with Crippen molar-refractivity contribution in [3.8, 4) is 0 Å². The van der Waals surface area contributed by atoms with E-state index >= 15 is 0 Å². The van der Waals surface area contributed by atoms with Crippen LogP contribution in [0.15, 0.2) is 0 Å². The van der Waals surface area contributed by atoms with Crippen LogP contribution in [-0.4, -0.2) is 24.0 Å². The Morgan fingerprint density at radius 2 is 1.94 bits per heavy atom. The topological polar surface area (TPSA) is 3.24 Å². The van der Waals surface area contributed by atoms with Crippen molar-refractivity contribution >= 4 is 0 Å². The average Bonchev–Trinajstić information content (AvgIpc) is 2.74. The van der Waals surface area contributed by atoms with E-state index in [1.165, 1.54) is 45.2 Å².